The van der Waals surface area contributed by atoms with Gasteiger partial charge in [0.05, 0.1) is 19.6 Å². The molecule has 0 aromatic heterocycles. The second-order valence-electron chi connectivity index (χ2n) is 3.50. The number of fused-ring (bicyclic) bond motifs is 1. The molecule has 0 fully saturated rings. The summed E-state index contributed by atoms with van der Waals surface area (Å²) in [7, 11) is 1.36. The maximum absolute atomic E-state index is 11.1. The van der Waals surface area contributed by atoms with Gasteiger partial charge in [0.1, 0.15) is 11.9 Å². The topological polar surface area (TPSA) is 61.5 Å². The fourth-order valence-corrected chi connectivity index (χ4v) is 1.72. The first-order chi connectivity index (χ1) is 7.22. The number of esters is 1. The van der Waals surface area contributed by atoms with Crippen LogP contribution in [0.25, 0.3) is 0 Å². The Hall–Kier alpha value is -1.55. The van der Waals surface area contributed by atoms with E-state index in [9.17, 15) is 4.79 Å². The van der Waals surface area contributed by atoms with Gasteiger partial charge in [0.2, 0.25) is 0 Å². The van der Waals surface area contributed by atoms with E-state index >= 15 is 0 Å². The van der Waals surface area contributed by atoms with Gasteiger partial charge in [0, 0.05) is 5.56 Å². The van der Waals surface area contributed by atoms with E-state index < -0.39 is 0 Å². The first-order valence-electron chi connectivity index (χ1n) is 4.80. The van der Waals surface area contributed by atoms with Crippen molar-refractivity contribution in [3.05, 3.63) is 29.8 Å². The van der Waals surface area contributed by atoms with Crippen LogP contribution < -0.4 is 10.5 Å². The zero-order valence-corrected chi connectivity index (χ0v) is 8.47. The molecule has 2 unspecified atom stereocenters. The van der Waals surface area contributed by atoms with E-state index in [4.69, 9.17) is 10.5 Å². The molecular weight excluding hydrogens is 194 g/mol. The highest BCUT2D eigenvalue weighted by Gasteiger charge is 2.32. The molecule has 4 heteroatoms. The monoisotopic (exact) mass is 207 g/mol. The van der Waals surface area contributed by atoms with Crippen LogP contribution in [0.2, 0.25) is 0 Å². The van der Waals surface area contributed by atoms with Crippen LogP contribution in [-0.4, -0.2) is 19.2 Å². The largest absolute Gasteiger partial charge is 0.487 e. The summed E-state index contributed by atoms with van der Waals surface area (Å²) in [4.78, 5) is 11.1. The molecule has 0 amide bonds. The Morgan fingerprint density at radius 3 is 2.93 bits per heavy atom. The van der Waals surface area contributed by atoms with Gasteiger partial charge in [-0.2, -0.15) is 0 Å². The quantitative estimate of drug-likeness (QED) is 0.735. The minimum absolute atomic E-state index is 0.187. The normalized spacial score (nSPS) is 23.1. The standard InChI is InChI=1S/C11H13NO3/c1-14-10(13)6-9-11(12)7-4-2-3-5-8(7)15-9/h2-5,9,11H,6,12H2,1H3. The lowest BCUT2D eigenvalue weighted by atomic mass is 10.0. The van der Waals surface area contributed by atoms with Crippen LogP contribution in [0, 0.1) is 0 Å². The highest BCUT2D eigenvalue weighted by Crippen LogP contribution is 2.35. The van der Waals surface area contributed by atoms with Crippen molar-refractivity contribution in [2.24, 2.45) is 5.73 Å². The summed E-state index contributed by atoms with van der Waals surface area (Å²) >= 11 is 0. The number of ether oxygens (including phenoxy) is 2. The van der Waals surface area contributed by atoms with Crippen molar-refractivity contribution in [3.63, 3.8) is 0 Å². The van der Waals surface area contributed by atoms with E-state index in [0.717, 1.165) is 11.3 Å². The van der Waals surface area contributed by atoms with Gasteiger partial charge in [-0.05, 0) is 6.07 Å². The fourth-order valence-electron chi connectivity index (χ4n) is 1.72. The number of benzene rings is 1. The summed E-state index contributed by atoms with van der Waals surface area (Å²) in [6.07, 6.45) is -0.123. The average Bonchev–Trinajstić information content (AvgIpc) is 2.57. The molecule has 15 heavy (non-hydrogen) atoms. The van der Waals surface area contributed by atoms with E-state index in [-0.39, 0.29) is 24.5 Å². The minimum atomic E-state index is -0.310. The van der Waals surface area contributed by atoms with Gasteiger partial charge in [-0.15, -0.1) is 0 Å². The number of hydrogen-bond acceptors (Lipinski definition) is 4. The molecule has 0 saturated carbocycles. The zero-order valence-electron chi connectivity index (χ0n) is 8.47. The Bertz CT molecular complexity index is 378. The maximum atomic E-state index is 11.1. The Morgan fingerprint density at radius 2 is 2.27 bits per heavy atom. The highest BCUT2D eigenvalue weighted by molar-refractivity contribution is 5.70. The molecule has 2 rings (SSSR count). The number of carbonyl (C=O) groups excluding carboxylic acids is 1. The third-order valence-corrected chi connectivity index (χ3v) is 2.55. The summed E-state index contributed by atoms with van der Waals surface area (Å²) in [5.41, 5.74) is 6.91. The van der Waals surface area contributed by atoms with E-state index in [2.05, 4.69) is 4.74 Å². The molecule has 2 N–H and O–H groups in total. The predicted octanol–water partition coefficient (Wildman–Crippen LogP) is 1.01. The van der Waals surface area contributed by atoms with Crippen LogP contribution in [0.15, 0.2) is 24.3 Å². The number of hydrogen-bond donors (Lipinski definition) is 1. The summed E-state index contributed by atoms with van der Waals surface area (Å²) in [6.45, 7) is 0. The molecule has 1 aromatic carbocycles. The Balaban J connectivity index is 2.13. The van der Waals surface area contributed by atoms with Gasteiger partial charge in [0.25, 0.3) is 0 Å². The summed E-state index contributed by atoms with van der Waals surface area (Å²) < 4.78 is 10.2. The fraction of sp³-hybridized carbons (Fsp3) is 0.364. The van der Waals surface area contributed by atoms with Crippen LogP contribution in [-0.2, 0) is 9.53 Å². The van der Waals surface area contributed by atoms with Crippen molar-refractivity contribution >= 4 is 5.97 Å². The Labute approximate surface area is 88.0 Å². The molecule has 1 heterocycles. The van der Waals surface area contributed by atoms with Crippen LogP contribution in [0.5, 0.6) is 5.75 Å². The molecule has 0 radical (unpaired) electrons. The summed E-state index contributed by atoms with van der Waals surface area (Å²) in [6, 6.07) is 7.30. The van der Waals surface area contributed by atoms with Gasteiger partial charge in [0.15, 0.2) is 0 Å². The molecular formula is C11H13NO3. The van der Waals surface area contributed by atoms with Crippen LogP contribution in [0.1, 0.15) is 18.0 Å². The number of methoxy groups -OCH3 is 1. The van der Waals surface area contributed by atoms with Crippen molar-refractivity contribution in [2.45, 2.75) is 18.6 Å². The van der Waals surface area contributed by atoms with Gasteiger partial charge in [-0.1, -0.05) is 18.2 Å². The van der Waals surface area contributed by atoms with Gasteiger partial charge >= 0.3 is 5.97 Å². The van der Waals surface area contributed by atoms with Crippen LogP contribution >= 0.6 is 0 Å². The molecule has 4 nitrogen and oxygen atoms in total. The van der Waals surface area contributed by atoms with E-state index in [1.54, 1.807) is 0 Å². The number of rotatable bonds is 2. The van der Waals surface area contributed by atoms with E-state index in [0.29, 0.717) is 0 Å². The van der Waals surface area contributed by atoms with Gasteiger partial charge < -0.3 is 15.2 Å². The van der Waals surface area contributed by atoms with E-state index in [1.807, 2.05) is 24.3 Å². The van der Waals surface area contributed by atoms with Crippen molar-refractivity contribution in [1.82, 2.24) is 0 Å². The minimum Gasteiger partial charge on any atom is -0.487 e. The maximum Gasteiger partial charge on any atom is 0.309 e. The summed E-state index contributed by atoms with van der Waals surface area (Å²) in [5, 5.41) is 0. The zero-order chi connectivity index (χ0) is 10.8. The second-order valence-corrected chi connectivity index (χ2v) is 3.50. The smallest absolute Gasteiger partial charge is 0.309 e. The number of carbonyl (C=O) groups is 1. The molecule has 1 aliphatic rings. The van der Waals surface area contributed by atoms with Gasteiger partial charge in [-0.3, -0.25) is 4.79 Å². The highest BCUT2D eigenvalue weighted by atomic mass is 16.5. The number of nitrogens with two attached hydrogens (primary N) is 1. The third-order valence-electron chi connectivity index (χ3n) is 2.55. The number of para-hydroxylation sites is 1. The molecule has 80 valence electrons. The lowest BCUT2D eigenvalue weighted by molar-refractivity contribution is -0.142. The summed E-state index contributed by atoms with van der Waals surface area (Å²) in [5.74, 6) is 0.460. The van der Waals surface area contributed by atoms with E-state index in [1.165, 1.54) is 7.11 Å². The molecule has 1 aromatic rings. The molecule has 0 saturated heterocycles. The Morgan fingerprint density at radius 1 is 1.53 bits per heavy atom. The molecule has 0 bridgehead atoms. The molecule has 1 aliphatic heterocycles. The first kappa shape index (κ1) is 9.98. The second kappa shape index (κ2) is 3.90. The third kappa shape index (κ3) is 1.80. The van der Waals surface area contributed by atoms with Crippen LogP contribution in [0.4, 0.5) is 0 Å². The first-order valence-corrected chi connectivity index (χ1v) is 4.80. The Kier molecular flexibility index (Phi) is 2.60. The average molecular weight is 207 g/mol. The van der Waals surface area contributed by atoms with Crippen molar-refractivity contribution < 1.29 is 14.3 Å². The molecule has 0 aliphatic carbocycles. The van der Waals surface area contributed by atoms with Gasteiger partial charge in [-0.25, -0.2) is 0 Å². The lowest BCUT2D eigenvalue weighted by Crippen LogP contribution is -2.28. The lowest BCUT2D eigenvalue weighted by Gasteiger charge is -2.13. The van der Waals surface area contributed by atoms with Crippen LogP contribution in [0.3, 0.4) is 0 Å². The van der Waals surface area contributed by atoms with Crippen molar-refractivity contribution in [1.29, 1.82) is 0 Å². The van der Waals surface area contributed by atoms with Crippen molar-refractivity contribution in [2.75, 3.05) is 7.11 Å². The van der Waals surface area contributed by atoms with Crippen molar-refractivity contribution in [3.8, 4) is 5.75 Å². The predicted molar refractivity (Wildman–Crippen MR) is 54.4 cm³/mol. The molecule has 0 spiro atoms. The SMILES string of the molecule is COC(=O)CC1Oc2ccccc2C1N. The molecule has 2 atom stereocenters.